The van der Waals surface area contributed by atoms with E-state index >= 15 is 0 Å². The van der Waals surface area contributed by atoms with Crippen molar-refractivity contribution in [3.63, 3.8) is 0 Å². The molecule has 1 amide bonds. The van der Waals surface area contributed by atoms with Crippen LogP contribution in [0.25, 0.3) is 0 Å². The molecule has 0 saturated carbocycles. The van der Waals surface area contributed by atoms with Gasteiger partial charge in [0, 0.05) is 17.1 Å². The van der Waals surface area contributed by atoms with Gasteiger partial charge in [0.05, 0.1) is 0 Å². The Labute approximate surface area is 89.3 Å². The largest absolute Gasteiger partial charge is 0.272 e. The third-order valence-electron chi connectivity index (χ3n) is 1.69. The molecular weight excluding hydrogens is 198 g/mol. The molecule has 0 atom stereocenters. The van der Waals surface area contributed by atoms with E-state index in [1.807, 2.05) is 13.8 Å². The van der Waals surface area contributed by atoms with Crippen LogP contribution in [-0.4, -0.2) is 12.5 Å². The lowest BCUT2D eigenvalue weighted by Crippen LogP contribution is -2.19. The van der Waals surface area contributed by atoms with E-state index in [9.17, 15) is 4.79 Å². The molecule has 0 aliphatic rings. The van der Waals surface area contributed by atoms with Crippen LogP contribution in [0.3, 0.4) is 0 Å². The Morgan fingerprint density at radius 1 is 1.36 bits per heavy atom. The number of amides is 1. The first-order valence-corrected chi connectivity index (χ1v) is 4.95. The molecule has 0 spiro atoms. The molecule has 0 N–H and O–H groups in total. The zero-order valence-corrected chi connectivity index (χ0v) is 9.08. The maximum atomic E-state index is 11.5. The van der Waals surface area contributed by atoms with Gasteiger partial charge in [0.2, 0.25) is 0 Å². The molecule has 0 bridgehead atoms. The molecule has 75 valence electrons. The van der Waals surface area contributed by atoms with Crippen LogP contribution in [0.5, 0.6) is 0 Å². The highest BCUT2D eigenvalue weighted by Crippen LogP contribution is 2.09. The Morgan fingerprint density at radius 3 is 2.43 bits per heavy atom. The van der Waals surface area contributed by atoms with Gasteiger partial charge in [0.1, 0.15) is 0 Å². The average Bonchev–Trinajstić information content (AvgIpc) is 2.15. The van der Waals surface area contributed by atoms with E-state index in [0.717, 1.165) is 0 Å². The molecule has 0 aliphatic carbocycles. The van der Waals surface area contributed by atoms with E-state index in [1.165, 1.54) is 0 Å². The van der Waals surface area contributed by atoms with Gasteiger partial charge in [-0.15, -0.1) is 0 Å². The van der Waals surface area contributed by atoms with Crippen molar-refractivity contribution in [3.8, 4) is 0 Å². The molecule has 2 nitrogen and oxygen atoms in total. The fourth-order valence-corrected chi connectivity index (χ4v) is 1.08. The van der Waals surface area contributed by atoms with E-state index in [-0.39, 0.29) is 5.91 Å². The zero-order chi connectivity index (χ0) is 10.6. The number of hydrogen-bond acceptors (Lipinski definition) is 1. The first kappa shape index (κ1) is 11.1. The highest BCUT2D eigenvalue weighted by Gasteiger charge is 2.06. The van der Waals surface area contributed by atoms with Gasteiger partial charge in [-0.2, -0.15) is 0 Å². The van der Waals surface area contributed by atoms with E-state index in [1.54, 1.807) is 24.3 Å². The summed E-state index contributed by atoms with van der Waals surface area (Å²) in [7, 11) is 0. The number of rotatable bonds is 3. The molecule has 1 aromatic rings. The Bertz CT molecular complexity index is 306. The van der Waals surface area contributed by atoms with Crippen LogP contribution < -0.4 is 5.32 Å². The van der Waals surface area contributed by atoms with Crippen molar-refractivity contribution in [1.29, 1.82) is 0 Å². The Balaban J connectivity index is 2.57. The minimum Gasteiger partial charge on any atom is -0.267 e. The number of carbonyl (C=O) groups excluding carboxylic acids is 1. The topological polar surface area (TPSA) is 31.2 Å². The highest BCUT2D eigenvalue weighted by atomic mass is 35.5. The number of nitrogens with zero attached hydrogens (tertiary/aromatic N) is 1. The third kappa shape index (κ3) is 3.38. The molecule has 1 rings (SSSR count). The lowest BCUT2D eigenvalue weighted by Gasteiger charge is -2.04. The maximum absolute atomic E-state index is 11.5. The summed E-state index contributed by atoms with van der Waals surface area (Å²) in [5.41, 5.74) is 0.593. The molecule has 0 aromatic heterocycles. The summed E-state index contributed by atoms with van der Waals surface area (Å²) >= 11 is 5.70. The summed E-state index contributed by atoms with van der Waals surface area (Å²) in [6.45, 7) is 4.62. The van der Waals surface area contributed by atoms with Crippen LogP contribution in [-0.2, 0) is 0 Å². The lowest BCUT2D eigenvalue weighted by atomic mass is 10.2. The van der Waals surface area contributed by atoms with Crippen LogP contribution in [0.15, 0.2) is 24.3 Å². The first-order valence-electron chi connectivity index (χ1n) is 4.57. The Hall–Kier alpha value is -1.02. The third-order valence-corrected chi connectivity index (χ3v) is 1.94. The van der Waals surface area contributed by atoms with Crippen molar-refractivity contribution in [2.24, 2.45) is 5.92 Å². The van der Waals surface area contributed by atoms with Crippen LogP contribution in [0.2, 0.25) is 5.02 Å². The van der Waals surface area contributed by atoms with Gasteiger partial charge >= 0.3 is 0 Å². The van der Waals surface area contributed by atoms with Crippen LogP contribution in [0.1, 0.15) is 24.2 Å². The minimum atomic E-state index is -0.171. The summed E-state index contributed by atoms with van der Waals surface area (Å²) < 4.78 is 0. The molecule has 0 saturated heterocycles. The van der Waals surface area contributed by atoms with Gasteiger partial charge in [-0.25, -0.2) is 5.32 Å². The normalized spacial score (nSPS) is 10.3. The fourth-order valence-electron chi connectivity index (χ4n) is 0.949. The Morgan fingerprint density at radius 2 is 1.93 bits per heavy atom. The second-order valence-corrected chi connectivity index (χ2v) is 3.98. The molecular formula is C11H13ClNO. The maximum Gasteiger partial charge on any atom is 0.272 e. The zero-order valence-electron chi connectivity index (χ0n) is 8.33. The fraction of sp³-hybridized carbons (Fsp3) is 0.364. The summed E-state index contributed by atoms with van der Waals surface area (Å²) in [5, 5.41) is 4.57. The van der Waals surface area contributed by atoms with Gasteiger partial charge in [-0.3, -0.25) is 4.79 Å². The van der Waals surface area contributed by atoms with Gasteiger partial charge in [0.15, 0.2) is 0 Å². The van der Waals surface area contributed by atoms with E-state index < -0.39 is 0 Å². The molecule has 0 fully saturated rings. The molecule has 1 radical (unpaired) electrons. The number of halogens is 1. The summed E-state index contributed by atoms with van der Waals surface area (Å²) in [4.78, 5) is 11.5. The number of benzene rings is 1. The summed E-state index contributed by atoms with van der Waals surface area (Å²) in [6, 6.07) is 6.77. The van der Waals surface area contributed by atoms with Crippen LogP contribution in [0, 0.1) is 5.92 Å². The molecule has 0 unspecified atom stereocenters. The smallest absolute Gasteiger partial charge is 0.267 e. The van der Waals surface area contributed by atoms with Gasteiger partial charge < -0.3 is 0 Å². The highest BCUT2D eigenvalue weighted by molar-refractivity contribution is 6.30. The van der Waals surface area contributed by atoms with Crippen molar-refractivity contribution >= 4 is 17.5 Å². The van der Waals surface area contributed by atoms with E-state index in [4.69, 9.17) is 11.6 Å². The second kappa shape index (κ2) is 5.01. The van der Waals surface area contributed by atoms with Gasteiger partial charge in [0.25, 0.3) is 5.91 Å². The second-order valence-electron chi connectivity index (χ2n) is 3.55. The average molecular weight is 211 g/mol. The van der Waals surface area contributed by atoms with Gasteiger partial charge in [-0.1, -0.05) is 25.4 Å². The van der Waals surface area contributed by atoms with Crippen molar-refractivity contribution < 1.29 is 4.79 Å². The molecule has 3 heteroatoms. The predicted octanol–water partition coefficient (Wildman–Crippen LogP) is 2.74. The van der Waals surface area contributed by atoms with Crippen molar-refractivity contribution in [2.75, 3.05) is 6.54 Å². The standard InChI is InChI=1S/C11H13ClNO/c1-8(2)7-13-11(14)9-3-5-10(12)6-4-9/h3-6,8H,7H2,1-2H3. The quantitative estimate of drug-likeness (QED) is 0.755. The monoisotopic (exact) mass is 210 g/mol. The number of hydrogen-bond donors (Lipinski definition) is 0. The van der Waals surface area contributed by atoms with Crippen molar-refractivity contribution in [3.05, 3.63) is 34.9 Å². The van der Waals surface area contributed by atoms with Crippen LogP contribution >= 0.6 is 11.6 Å². The molecule has 0 heterocycles. The summed E-state index contributed by atoms with van der Waals surface area (Å²) in [6.07, 6.45) is 0. The molecule has 0 aliphatic heterocycles. The SMILES string of the molecule is CC(C)C[N]C(=O)c1ccc(Cl)cc1. The minimum absolute atomic E-state index is 0.171. The van der Waals surface area contributed by atoms with Crippen LogP contribution in [0.4, 0.5) is 0 Å². The van der Waals surface area contributed by atoms with Crippen molar-refractivity contribution in [1.82, 2.24) is 5.32 Å². The van der Waals surface area contributed by atoms with Crippen molar-refractivity contribution in [2.45, 2.75) is 13.8 Å². The lowest BCUT2D eigenvalue weighted by molar-refractivity contribution is 0.0944. The Kier molecular flexibility index (Phi) is 3.96. The van der Waals surface area contributed by atoms with E-state index in [2.05, 4.69) is 5.32 Å². The van der Waals surface area contributed by atoms with E-state index in [0.29, 0.717) is 23.0 Å². The van der Waals surface area contributed by atoms with Gasteiger partial charge in [-0.05, 0) is 30.2 Å². The predicted molar refractivity (Wildman–Crippen MR) is 57.6 cm³/mol. The molecule has 1 aromatic carbocycles. The number of carbonyl (C=O) groups is 1. The first-order chi connectivity index (χ1) is 6.59. The molecule has 14 heavy (non-hydrogen) atoms. The summed E-state index contributed by atoms with van der Waals surface area (Å²) in [5.74, 6) is 0.238.